The van der Waals surface area contributed by atoms with E-state index in [2.05, 4.69) is 32.7 Å². The molecule has 42 heavy (non-hydrogen) atoms. The number of piperidine rings is 2. The van der Waals surface area contributed by atoms with Gasteiger partial charge in [0.05, 0.1) is 24.4 Å². The normalized spacial score (nSPS) is 38.4. The SMILES string of the molecule is CCC1=CC(F)CN(CC)C2CC1NC(N)C2C(=O)NC1CNCCC1(C1CCCCC1)N1CCN(S(C)(=O)=O)CC1. The van der Waals surface area contributed by atoms with Crippen molar-refractivity contribution in [1.82, 2.24) is 30.1 Å². The van der Waals surface area contributed by atoms with Crippen molar-refractivity contribution in [2.24, 2.45) is 17.6 Å². The maximum atomic E-state index is 15.1. The standard InChI is InChI=1S/C30H54FN7O3S/c1-4-21-17-23(31)20-36(5-2)25-18-24(21)34-28(32)27(25)29(39)35-26-19-33-12-11-30(26,22-9-7-6-8-10-22)37-13-15-38(16-14-37)42(3,40)41/h17,22-28,33-34H,4-16,18-20,32H2,1-3H3,(H,35,39). The maximum absolute atomic E-state index is 15.1. The molecule has 5 aliphatic rings. The van der Waals surface area contributed by atoms with Gasteiger partial charge in [-0.2, -0.15) is 4.31 Å². The number of amides is 1. The zero-order valence-corrected chi connectivity index (χ0v) is 26.7. The number of nitrogens with zero attached hydrogens (tertiary/aromatic N) is 3. The maximum Gasteiger partial charge on any atom is 0.227 e. The summed E-state index contributed by atoms with van der Waals surface area (Å²) in [5.74, 6) is -0.125. The van der Waals surface area contributed by atoms with E-state index >= 15 is 4.39 Å². The number of sulfonamides is 1. The van der Waals surface area contributed by atoms with Gasteiger partial charge in [0.25, 0.3) is 0 Å². The molecule has 240 valence electrons. The molecule has 4 aliphatic heterocycles. The zero-order valence-electron chi connectivity index (χ0n) is 25.9. The molecule has 0 aromatic heterocycles. The highest BCUT2D eigenvalue weighted by Crippen LogP contribution is 2.43. The Morgan fingerprint density at radius 3 is 2.52 bits per heavy atom. The molecule has 4 heterocycles. The van der Waals surface area contributed by atoms with Gasteiger partial charge in [0.15, 0.2) is 0 Å². The Labute approximate surface area is 252 Å². The van der Waals surface area contributed by atoms with Crippen LogP contribution in [0.4, 0.5) is 4.39 Å². The van der Waals surface area contributed by atoms with E-state index in [-0.39, 0.29) is 36.1 Å². The van der Waals surface area contributed by atoms with Crippen molar-refractivity contribution in [3.8, 4) is 0 Å². The van der Waals surface area contributed by atoms with Gasteiger partial charge in [0.1, 0.15) is 6.17 Å². The topological polar surface area (TPSA) is 123 Å². The summed E-state index contributed by atoms with van der Waals surface area (Å²) in [5.41, 5.74) is 7.56. The van der Waals surface area contributed by atoms with Crippen LogP contribution in [0.1, 0.15) is 65.2 Å². The van der Waals surface area contributed by atoms with Crippen molar-refractivity contribution in [3.63, 3.8) is 0 Å². The van der Waals surface area contributed by atoms with Gasteiger partial charge in [0, 0.05) is 56.9 Å². The average Bonchev–Trinajstić information content (AvgIpc) is 2.98. The monoisotopic (exact) mass is 611 g/mol. The van der Waals surface area contributed by atoms with Crippen molar-refractivity contribution < 1.29 is 17.6 Å². The third-order valence-electron chi connectivity index (χ3n) is 11.1. The van der Waals surface area contributed by atoms with Crippen molar-refractivity contribution in [3.05, 3.63) is 11.6 Å². The van der Waals surface area contributed by atoms with E-state index in [0.717, 1.165) is 44.2 Å². The molecule has 0 aromatic rings. The highest BCUT2D eigenvalue weighted by Gasteiger charge is 2.53. The quantitative estimate of drug-likeness (QED) is 0.315. The lowest BCUT2D eigenvalue weighted by Gasteiger charge is -2.58. The third-order valence-corrected chi connectivity index (χ3v) is 12.4. The number of fused-ring (bicyclic) bond motifs is 2. The molecule has 10 nitrogen and oxygen atoms in total. The summed E-state index contributed by atoms with van der Waals surface area (Å²) in [7, 11) is -3.24. The fourth-order valence-electron chi connectivity index (χ4n) is 8.99. The van der Waals surface area contributed by atoms with Gasteiger partial charge in [0.2, 0.25) is 15.9 Å². The Kier molecular flexibility index (Phi) is 10.3. The first kappa shape index (κ1) is 32.2. The molecular weight excluding hydrogens is 557 g/mol. The summed E-state index contributed by atoms with van der Waals surface area (Å²) in [6.45, 7) is 8.84. The number of nitrogens with one attached hydrogen (secondary N) is 3. The van der Waals surface area contributed by atoms with E-state index in [0.29, 0.717) is 45.2 Å². The van der Waals surface area contributed by atoms with Crippen LogP contribution >= 0.6 is 0 Å². The Morgan fingerprint density at radius 2 is 1.88 bits per heavy atom. The molecule has 7 atom stereocenters. The smallest absolute Gasteiger partial charge is 0.227 e. The second kappa shape index (κ2) is 13.5. The van der Waals surface area contributed by atoms with Gasteiger partial charge in [-0.15, -0.1) is 0 Å². The first-order chi connectivity index (χ1) is 20.1. The molecule has 0 spiro atoms. The number of hydrogen-bond donors (Lipinski definition) is 4. The van der Waals surface area contributed by atoms with Crippen LogP contribution in [0.5, 0.6) is 0 Å². The average molecular weight is 612 g/mol. The second-order valence-corrected chi connectivity index (χ2v) is 15.2. The van der Waals surface area contributed by atoms with Crippen LogP contribution in [0.15, 0.2) is 11.6 Å². The number of carbonyl (C=O) groups excluding carboxylic acids is 1. The van der Waals surface area contributed by atoms with Gasteiger partial charge >= 0.3 is 0 Å². The number of halogens is 1. The lowest BCUT2D eigenvalue weighted by molar-refractivity contribution is -0.134. The van der Waals surface area contributed by atoms with E-state index in [9.17, 15) is 13.2 Å². The number of nitrogens with two attached hydrogens (primary N) is 1. The molecule has 0 radical (unpaired) electrons. The highest BCUT2D eigenvalue weighted by molar-refractivity contribution is 7.88. The minimum atomic E-state index is -3.24. The number of hydrogen-bond acceptors (Lipinski definition) is 8. The minimum Gasteiger partial charge on any atom is -0.350 e. The lowest BCUT2D eigenvalue weighted by Crippen LogP contribution is -2.75. The molecule has 0 aromatic carbocycles. The summed E-state index contributed by atoms with van der Waals surface area (Å²) in [5, 5.41) is 10.6. The van der Waals surface area contributed by atoms with Gasteiger partial charge in [-0.1, -0.05) is 38.7 Å². The van der Waals surface area contributed by atoms with E-state index in [1.165, 1.54) is 25.5 Å². The molecule has 1 aliphatic carbocycles. The molecule has 2 bridgehead atoms. The van der Waals surface area contributed by atoms with Gasteiger partial charge in [-0.05, 0) is 57.2 Å². The fraction of sp³-hybridized carbons (Fsp3) is 0.900. The lowest BCUT2D eigenvalue weighted by atomic mass is 9.66. The summed E-state index contributed by atoms with van der Waals surface area (Å²) in [6.07, 6.45) is 9.70. The molecule has 4 fully saturated rings. The van der Waals surface area contributed by atoms with Crippen LogP contribution in [0, 0.1) is 11.8 Å². The Balaban J connectivity index is 1.42. The highest BCUT2D eigenvalue weighted by atomic mass is 32.2. The van der Waals surface area contributed by atoms with E-state index < -0.39 is 28.3 Å². The third kappa shape index (κ3) is 6.46. The van der Waals surface area contributed by atoms with Crippen LogP contribution in [-0.4, -0.2) is 123 Å². The fourth-order valence-corrected chi connectivity index (χ4v) is 9.81. The number of piperazine rings is 1. The van der Waals surface area contributed by atoms with Crippen LogP contribution in [0.2, 0.25) is 0 Å². The Hall–Kier alpha value is -1.15. The minimum absolute atomic E-state index is 0.0320. The van der Waals surface area contributed by atoms with Crippen molar-refractivity contribution >= 4 is 15.9 Å². The van der Waals surface area contributed by atoms with Crippen molar-refractivity contribution in [2.45, 2.75) is 101 Å². The number of carbonyl (C=O) groups is 1. The Morgan fingerprint density at radius 1 is 1.17 bits per heavy atom. The molecule has 12 heteroatoms. The van der Waals surface area contributed by atoms with Crippen LogP contribution in [0.3, 0.4) is 0 Å². The van der Waals surface area contributed by atoms with Crippen LogP contribution in [-0.2, 0) is 14.8 Å². The molecule has 1 amide bonds. The molecule has 7 unspecified atom stereocenters. The molecule has 5 rings (SSSR count). The van der Waals surface area contributed by atoms with Crippen molar-refractivity contribution in [1.29, 1.82) is 0 Å². The first-order valence-electron chi connectivity index (χ1n) is 16.4. The van der Waals surface area contributed by atoms with E-state index in [1.807, 2.05) is 6.92 Å². The summed E-state index contributed by atoms with van der Waals surface area (Å²) in [4.78, 5) is 19.0. The van der Waals surface area contributed by atoms with Gasteiger partial charge in [-0.25, -0.2) is 12.8 Å². The van der Waals surface area contributed by atoms with Crippen LogP contribution in [0.25, 0.3) is 0 Å². The zero-order chi connectivity index (χ0) is 30.1. The van der Waals surface area contributed by atoms with Gasteiger partial charge < -0.3 is 16.4 Å². The summed E-state index contributed by atoms with van der Waals surface area (Å²) < 4.78 is 41.3. The van der Waals surface area contributed by atoms with E-state index in [1.54, 1.807) is 10.4 Å². The number of alkyl halides is 1. The van der Waals surface area contributed by atoms with Gasteiger partial charge in [-0.3, -0.25) is 19.9 Å². The summed E-state index contributed by atoms with van der Waals surface area (Å²) >= 11 is 0. The predicted octanol–water partition coefficient (Wildman–Crippen LogP) is 1.00. The first-order valence-corrected chi connectivity index (χ1v) is 18.2. The van der Waals surface area contributed by atoms with Crippen molar-refractivity contribution in [2.75, 3.05) is 58.6 Å². The molecule has 1 saturated carbocycles. The second-order valence-electron chi connectivity index (χ2n) is 13.3. The van der Waals surface area contributed by atoms with Crippen LogP contribution < -0.4 is 21.7 Å². The molecule has 3 saturated heterocycles. The van der Waals surface area contributed by atoms with E-state index in [4.69, 9.17) is 5.73 Å². The number of rotatable bonds is 7. The molecular formula is C30H54FN7O3S. The Bertz CT molecular complexity index is 1080. The molecule has 5 N–H and O–H groups in total. The summed E-state index contributed by atoms with van der Waals surface area (Å²) in [6, 6.07) is -0.306. The predicted molar refractivity (Wildman–Crippen MR) is 164 cm³/mol. The largest absolute Gasteiger partial charge is 0.350 e.